The van der Waals surface area contributed by atoms with E-state index in [0.717, 1.165) is 32.2 Å². The highest BCUT2D eigenvalue weighted by molar-refractivity contribution is 5.78. The SMILES string of the molecule is O=C(CN1CCCC(C(=O)O)C1)NC1CCc2ccccc2C1. The van der Waals surface area contributed by atoms with Gasteiger partial charge in [0, 0.05) is 12.6 Å². The molecule has 1 aromatic rings. The molecule has 2 N–H and O–H groups in total. The molecule has 1 aromatic carbocycles. The number of carbonyl (C=O) groups excluding carboxylic acids is 1. The van der Waals surface area contributed by atoms with Crippen LogP contribution in [0.4, 0.5) is 0 Å². The summed E-state index contributed by atoms with van der Waals surface area (Å²) in [4.78, 5) is 25.3. The molecule has 5 nitrogen and oxygen atoms in total. The molecule has 1 fully saturated rings. The van der Waals surface area contributed by atoms with Crippen LogP contribution in [-0.2, 0) is 22.4 Å². The summed E-state index contributed by atoms with van der Waals surface area (Å²) in [5, 5.41) is 12.2. The van der Waals surface area contributed by atoms with E-state index in [2.05, 4.69) is 23.5 Å². The van der Waals surface area contributed by atoms with E-state index in [9.17, 15) is 9.59 Å². The number of nitrogens with zero attached hydrogens (tertiary/aromatic N) is 1. The molecule has 2 unspecified atom stereocenters. The molecule has 0 radical (unpaired) electrons. The average Bonchev–Trinajstić information content (AvgIpc) is 2.55. The first kappa shape index (κ1) is 16.0. The number of piperidine rings is 1. The van der Waals surface area contributed by atoms with Crippen LogP contribution >= 0.6 is 0 Å². The van der Waals surface area contributed by atoms with Gasteiger partial charge >= 0.3 is 5.97 Å². The van der Waals surface area contributed by atoms with Gasteiger partial charge in [-0.05, 0) is 49.8 Å². The van der Waals surface area contributed by atoms with Gasteiger partial charge in [-0.25, -0.2) is 0 Å². The monoisotopic (exact) mass is 316 g/mol. The second-order valence-electron chi connectivity index (χ2n) is 6.69. The Kier molecular flexibility index (Phi) is 4.96. The number of hydrogen-bond acceptors (Lipinski definition) is 3. The Labute approximate surface area is 136 Å². The highest BCUT2D eigenvalue weighted by Crippen LogP contribution is 2.21. The average molecular weight is 316 g/mol. The Balaban J connectivity index is 1.49. The van der Waals surface area contributed by atoms with Crippen molar-refractivity contribution in [2.75, 3.05) is 19.6 Å². The van der Waals surface area contributed by atoms with Crippen LogP contribution in [0.25, 0.3) is 0 Å². The number of rotatable bonds is 4. The zero-order valence-electron chi connectivity index (χ0n) is 13.3. The third-order valence-electron chi connectivity index (χ3n) is 4.93. The van der Waals surface area contributed by atoms with Crippen LogP contribution in [-0.4, -0.2) is 47.6 Å². The van der Waals surface area contributed by atoms with E-state index in [1.165, 1.54) is 11.1 Å². The van der Waals surface area contributed by atoms with Gasteiger partial charge in [0.15, 0.2) is 0 Å². The van der Waals surface area contributed by atoms with Crippen LogP contribution in [0, 0.1) is 5.92 Å². The van der Waals surface area contributed by atoms with E-state index in [1.807, 2.05) is 11.0 Å². The topological polar surface area (TPSA) is 69.6 Å². The van der Waals surface area contributed by atoms with Crippen molar-refractivity contribution >= 4 is 11.9 Å². The molecule has 3 rings (SSSR count). The maximum atomic E-state index is 12.3. The van der Waals surface area contributed by atoms with Crippen LogP contribution in [0.1, 0.15) is 30.4 Å². The van der Waals surface area contributed by atoms with Crippen molar-refractivity contribution in [2.24, 2.45) is 5.92 Å². The molecule has 0 aromatic heterocycles. The first-order chi connectivity index (χ1) is 11.1. The summed E-state index contributed by atoms with van der Waals surface area (Å²) in [7, 11) is 0. The van der Waals surface area contributed by atoms with E-state index in [1.54, 1.807) is 0 Å². The number of carboxylic acids is 1. The summed E-state index contributed by atoms with van der Waals surface area (Å²) < 4.78 is 0. The normalized spacial score (nSPS) is 24.7. The molecule has 0 bridgehead atoms. The molecule has 124 valence electrons. The zero-order chi connectivity index (χ0) is 16.2. The van der Waals surface area contributed by atoms with Crippen LogP contribution < -0.4 is 5.32 Å². The largest absolute Gasteiger partial charge is 0.481 e. The first-order valence-electron chi connectivity index (χ1n) is 8.43. The van der Waals surface area contributed by atoms with Crippen LogP contribution in [0.15, 0.2) is 24.3 Å². The summed E-state index contributed by atoms with van der Waals surface area (Å²) in [6.45, 7) is 1.60. The lowest BCUT2D eigenvalue weighted by atomic mass is 9.88. The Morgan fingerprint density at radius 1 is 1.22 bits per heavy atom. The van der Waals surface area contributed by atoms with E-state index >= 15 is 0 Å². The summed E-state index contributed by atoms with van der Waals surface area (Å²) in [6, 6.07) is 8.59. The highest BCUT2D eigenvalue weighted by Gasteiger charge is 2.27. The van der Waals surface area contributed by atoms with E-state index in [-0.39, 0.29) is 17.9 Å². The molecule has 23 heavy (non-hydrogen) atoms. The minimum atomic E-state index is -0.751. The van der Waals surface area contributed by atoms with Crippen molar-refractivity contribution in [3.63, 3.8) is 0 Å². The van der Waals surface area contributed by atoms with Crippen LogP contribution in [0.5, 0.6) is 0 Å². The molecule has 0 spiro atoms. The van der Waals surface area contributed by atoms with Crippen molar-refractivity contribution in [3.05, 3.63) is 35.4 Å². The van der Waals surface area contributed by atoms with Crippen LogP contribution in [0.3, 0.4) is 0 Å². The number of fused-ring (bicyclic) bond motifs is 1. The number of hydrogen-bond donors (Lipinski definition) is 2. The number of aryl methyl sites for hydroxylation is 1. The Bertz CT molecular complexity index is 587. The minimum absolute atomic E-state index is 0.0143. The maximum absolute atomic E-state index is 12.3. The molecule has 1 saturated heterocycles. The van der Waals surface area contributed by atoms with E-state index in [0.29, 0.717) is 19.5 Å². The van der Waals surface area contributed by atoms with Gasteiger partial charge in [-0.3, -0.25) is 14.5 Å². The smallest absolute Gasteiger partial charge is 0.307 e. The fourth-order valence-electron chi connectivity index (χ4n) is 3.70. The number of nitrogens with one attached hydrogen (secondary N) is 1. The fraction of sp³-hybridized carbons (Fsp3) is 0.556. The maximum Gasteiger partial charge on any atom is 0.307 e. The summed E-state index contributed by atoms with van der Waals surface area (Å²) in [6.07, 6.45) is 4.43. The van der Waals surface area contributed by atoms with E-state index in [4.69, 9.17) is 5.11 Å². The Morgan fingerprint density at radius 3 is 2.78 bits per heavy atom. The van der Waals surface area contributed by atoms with Gasteiger partial charge in [0.2, 0.25) is 5.91 Å². The molecular weight excluding hydrogens is 292 g/mol. The van der Waals surface area contributed by atoms with Gasteiger partial charge in [-0.1, -0.05) is 24.3 Å². The predicted molar refractivity (Wildman–Crippen MR) is 87.2 cm³/mol. The quantitative estimate of drug-likeness (QED) is 0.882. The molecule has 2 atom stereocenters. The summed E-state index contributed by atoms with van der Waals surface area (Å²) in [5.41, 5.74) is 2.71. The second kappa shape index (κ2) is 7.13. The van der Waals surface area contributed by atoms with Crippen molar-refractivity contribution in [1.29, 1.82) is 0 Å². The Morgan fingerprint density at radius 2 is 2.00 bits per heavy atom. The van der Waals surface area contributed by atoms with Gasteiger partial charge in [-0.2, -0.15) is 0 Å². The number of carbonyl (C=O) groups is 2. The van der Waals surface area contributed by atoms with Crippen molar-refractivity contribution < 1.29 is 14.7 Å². The number of aliphatic carboxylic acids is 1. The molecule has 1 aliphatic heterocycles. The lowest BCUT2D eigenvalue weighted by molar-refractivity contribution is -0.144. The van der Waals surface area contributed by atoms with Gasteiger partial charge in [-0.15, -0.1) is 0 Å². The third-order valence-corrected chi connectivity index (χ3v) is 4.93. The molecule has 1 heterocycles. The molecular formula is C18H24N2O3. The second-order valence-corrected chi connectivity index (χ2v) is 6.69. The first-order valence-corrected chi connectivity index (χ1v) is 8.43. The zero-order valence-corrected chi connectivity index (χ0v) is 13.3. The number of amides is 1. The molecule has 0 saturated carbocycles. The van der Waals surface area contributed by atoms with Crippen molar-refractivity contribution in [1.82, 2.24) is 10.2 Å². The van der Waals surface area contributed by atoms with Gasteiger partial charge in [0.05, 0.1) is 12.5 Å². The Hall–Kier alpha value is -1.88. The molecule has 1 amide bonds. The molecule has 2 aliphatic rings. The lowest BCUT2D eigenvalue weighted by Gasteiger charge is -2.31. The fourth-order valence-corrected chi connectivity index (χ4v) is 3.70. The summed E-state index contributed by atoms with van der Waals surface area (Å²) >= 11 is 0. The van der Waals surface area contributed by atoms with Crippen molar-refractivity contribution in [3.8, 4) is 0 Å². The predicted octanol–water partition coefficient (Wildman–Crippen LogP) is 1.46. The van der Waals surface area contributed by atoms with Crippen LogP contribution in [0.2, 0.25) is 0 Å². The molecule has 5 heteroatoms. The number of benzene rings is 1. The standard InChI is InChI=1S/C18H24N2O3/c21-17(12-20-9-3-6-15(11-20)18(22)23)19-16-8-7-13-4-1-2-5-14(13)10-16/h1-2,4-5,15-16H,3,6-12H2,(H,19,21)(H,22,23). The lowest BCUT2D eigenvalue weighted by Crippen LogP contribution is -2.47. The van der Waals surface area contributed by atoms with Gasteiger partial charge in [0.25, 0.3) is 0 Å². The number of likely N-dealkylation sites (tertiary alicyclic amines) is 1. The summed E-state index contributed by atoms with van der Waals surface area (Å²) in [5.74, 6) is -1.07. The van der Waals surface area contributed by atoms with E-state index < -0.39 is 5.97 Å². The highest BCUT2D eigenvalue weighted by atomic mass is 16.4. The van der Waals surface area contributed by atoms with Gasteiger partial charge in [0.1, 0.15) is 0 Å². The third kappa shape index (κ3) is 4.10. The van der Waals surface area contributed by atoms with Gasteiger partial charge < -0.3 is 10.4 Å². The van der Waals surface area contributed by atoms with Crippen molar-refractivity contribution in [2.45, 2.75) is 38.1 Å². The molecule has 1 aliphatic carbocycles. The number of carboxylic acid groups (broad SMARTS) is 1. The minimum Gasteiger partial charge on any atom is -0.481 e.